The Hall–Kier alpha value is -0.480. The van der Waals surface area contributed by atoms with E-state index >= 15 is 0 Å². The van der Waals surface area contributed by atoms with E-state index in [2.05, 4.69) is 43.8 Å². The van der Waals surface area contributed by atoms with Gasteiger partial charge < -0.3 is 5.32 Å². The second-order valence-corrected chi connectivity index (χ2v) is 4.67. The molecule has 0 saturated heterocycles. The third-order valence-electron chi connectivity index (χ3n) is 1.39. The number of nitrogens with zero attached hydrogens (tertiary/aromatic N) is 2. The summed E-state index contributed by atoms with van der Waals surface area (Å²) in [7, 11) is 0. The van der Waals surface area contributed by atoms with E-state index in [0.717, 1.165) is 27.4 Å². The van der Waals surface area contributed by atoms with Crippen LogP contribution in [0.4, 0.5) is 5.82 Å². The smallest absolute Gasteiger partial charge is 0.142 e. The van der Waals surface area contributed by atoms with Crippen LogP contribution in [0.3, 0.4) is 0 Å². The van der Waals surface area contributed by atoms with E-state index < -0.39 is 0 Å². The first-order valence-corrected chi connectivity index (χ1v) is 6.28. The fourth-order valence-electron chi connectivity index (χ4n) is 0.815. The Morgan fingerprint density at radius 2 is 2.50 bits per heavy atom. The normalized spacial score (nSPS) is 9.43. The highest BCUT2D eigenvalue weighted by molar-refractivity contribution is 14.1. The van der Waals surface area contributed by atoms with Crippen LogP contribution in [-0.4, -0.2) is 28.0 Å². The maximum absolute atomic E-state index is 5.13. The van der Waals surface area contributed by atoms with Gasteiger partial charge in [-0.1, -0.05) is 5.92 Å². The molecule has 0 bridgehead atoms. The zero-order chi connectivity index (χ0) is 10.2. The Morgan fingerprint density at radius 1 is 1.64 bits per heavy atom. The molecule has 14 heavy (non-hydrogen) atoms. The van der Waals surface area contributed by atoms with E-state index in [1.807, 2.05) is 0 Å². The molecule has 0 atom stereocenters. The molecule has 3 nitrogen and oxygen atoms in total. The zero-order valence-corrected chi connectivity index (χ0v) is 10.5. The van der Waals surface area contributed by atoms with Gasteiger partial charge in [0.25, 0.3) is 0 Å². The number of aromatic nitrogens is 2. The van der Waals surface area contributed by atoms with Crippen LogP contribution in [0, 0.1) is 15.9 Å². The molecule has 1 aromatic heterocycles. The van der Waals surface area contributed by atoms with Crippen LogP contribution in [0.25, 0.3) is 0 Å². The van der Waals surface area contributed by atoms with Gasteiger partial charge in [0.1, 0.15) is 12.1 Å². The summed E-state index contributed by atoms with van der Waals surface area (Å²) < 4.78 is 1.03. The third kappa shape index (κ3) is 4.15. The van der Waals surface area contributed by atoms with Crippen molar-refractivity contribution in [2.75, 3.05) is 23.4 Å². The lowest BCUT2D eigenvalue weighted by atomic mass is 10.5. The summed E-state index contributed by atoms with van der Waals surface area (Å²) >= 11 is 3.94. The number of terminal acetylenes is 1. The molecule has 5 heteroatoms. The van der Waals surface area contributed by atoms with Gasteiger partial charge in [0.15, 0.2) is 0 Å². The fraction of sp³-hybridized carbons (Fsp3) is 0.333. The van der Waals surface area contributed by atoms with Gasteiger partial charge in [-0.05, 0) is 22.6 Å². The molecular formula is C9H10IN3S. The number of nitrogens with one attached hydrogen (secondary N) is 1. The summed E-state index contributed by atoms with van der Waals surface area (Å²) in [6, 6.07) is 0. The number of rotatable bonds is 5. The van der Waals surface area contributed by atoms with Crippen LogP contribution >= 0.6 is 34.4 Å². The predicted molar refractivity (Wildman–Crippen MR) is 69.4 cm³/mol. The molecule has 0 aromatic carbocycles. The summed E-state index contributed by atoms with van der Waals surface area (Å²) in [5.74, 6) is 5.23. The zero-order valence-electron chi connectivity index (χ0n) is 7.53. The maximum atomic E-state index is 5.13. The van der Waals surface area contributed by atoms with Crippen molar-refractivity contribution in [2.24, 2.45) is 0 Å². The van der Waals surface area contributed by atoms with Crippen LogP contribution in [0.2, 0.25) is 0 Å². The Bertz CT molecular complexity index is 324. The Morgan fingerprint density at radius 3 is 3.21 bits per heavy atom. The lowest BCUT2D eigenvalue weighted by molar-refractivity contribution is 1.10. The minimum Gasteiger partial charge on any atom is -0.368 e. The average Bonchev–Trinajstić information content (AvgIpc) is 2.20. The topological polar surface area (TPSA) is 37.8 Å². The van der Waals surface area contributed by atoms with Crippen molar-refractivity contribution in [3.63, 3.8) is 0 Å². The van der Waals surface area contributed by atoms with Gasteiger partial charge in [-0.15, -0.1) is 18.2 Å². The van der Waals surface area contributed by atoms with E-state index in [-0.39, 0.29) is 0 Å². The predicted octanol–water partition coefficient (Wildman–Crippen LogP) is 1.86. The number of anilines is 1. The summed E-state index contributed by atoms with van der Waals surface area (Å²) in [4.78, 5) is 8.03. The molecule has 0 saturated carbocycles. The van der Waals surface area contributed by atoms with Crippen LogP contribution in [0.15, 0.2) is 12.5 Å². The summed E-state index contributed by atoms with van der Waals surface area (Å²) in [6.45, 7) is 0.874. The monoisotopic (exact) mass is 319 g/mol. The highest BCUT2D eigenvalue weighted by Crippen LogP contribution is 2.12. The molecule has 1 N–H and O–H groups in total. The third-order valence-corrected chi connectivity index (χ3v) is 3.04. The van der Waals surface area contributed by atoms with Crippen LogP contribution in [0.5, 0.6) is 0 Å². The van der Waals surface area contributed by atoms with Crippen molar-refractivity contribution in [3.8, 4) is 12.3 Å². The Balaban J connectivity index is 2.25. The van der Waals surface area contributed by atoms with E-state index in [0.29, 0.717) is 0 Å². The quantitative estimate of drug-likeness (QED) is 0.511. The standard InChI is InChI=1S/C9H10IN3S/c1-2-4-14-5-3-12-9-8(10)6-11-7-13-9/h1,6-7H,3-5H2,(H,11,12,13). The molecule has 1 rings (SSSR count). The number of halogens is 1. The molecule has 1 aromatic rings. The van der Waals surface area contributed by atoms with E-state index in [1.165, 1.54) is 0 Å². The first-order chi connectivity index (χ1) is 6.84. The highest BCUT2D eigenvalue weighted by Gasteiger charge is 1.98. The van der Waals surface area contributed by atoms with E-state index in [1.54, 1.807) is 24.3 Å². The van der Waals surface area contributed by atoms with Crippen molar-refractivity contribution in [2.45, 2.75) is 0 Å². The molecule has 0 unspecified atom stereocenters. The number of hydrogen-bond acceptors (Lipinski definition) is 4. The van der Waals surface area contributed by atoms with Crippen LogP contribution in [-0.2, 0) is 0 Å². The van der Waals surface area contributed by atoms with Crippen LogP contribution in [0.1, 0.15) is 0 Å². The average molecular weight is 319 g/mol. The van der Waals surface area contributed by atoms with Gasteiger partial charge in [-0.25, -0.2) is 9.97 Å². The molecule has 0 aliphatic carbocycles. The van der Waals surface area contributed by atoms with Gasteiger partial charge in [-0.2, -0.15) is 0 Å². The molecule has 0 fully saturated rings. The minimum atomic E-state index is 0.766. The van der Waals surface area contributed by atoms with Crippen molar-refractivity contribution >= 4 is 40.2 Å². The van der Waals surface area contributed by atoms with Crippen molar-refractivity contribution in [1.82, 2.24) is 9.97 Å². The van der Waals surface area contributed by atoms with Gasteiger partial charge in [0.05, 0.1) is 9.32 Å². The maximum Gasteiger partial charge on any atom is 0.142 e. The van der Waals surface area contributed by atoms with Gasteiger partial charge >= 0.3 is 0 Å². The summed E-state index contributed by atoms with van der Waals surface area (Å²) in [5, 5.41) is 3.22. The SMILES string of the molecule is C#CCSCCNc1ncncc1I. The lowest BCUT2D eigenvalue weighted by Gasteiger charge is -2.05. The molecule has 0 aliphatic heterocycles. The second-order valence-electron chi connectivity index (χ2n) is 2.40. The Kier molecular flexibility index (Phi) is 5.71. The molecule has 0 amide bonds. The minimum absolute atomic E-state index is 0.766. The number of thioether (sulfide) groups is 1. The fourth-order valence-corrected chi connectivity index (χ4v) is 1.81. The second kappa shape index (κ2) is 6.90. The Labute approximate surface area is 102 Å². The molecule has 0 radical (unpaired) electrons. The first-order valence-electron chi connectivity index (χ1n) is 4.05. The van der Waals surface area contributed by atoms with Gasteiger partial charge in [-0.3, -0.25) is 0 Å². The lowest BCUT2D eigenvalue weighted by Crippen LogP contribution is -2.07. The molecule has 0 aliphatic rings. The van der Waals surface area contributed by atoms with E-state index in [9.17, 15) is 0 Å². The van der Waals surface area contributed by atoms with Gasteiger partial charge in [0, 0.05) is 18.5 Å². The molecule has 0 spiro atoms. The molecule has 74 valence electrons. The van der Waals surface area contributed by atoms with E-state index in [4.69, 9.17) is 6.42 Å². The van der Waals surface area contributed by atoms with Crippen molar-refractivity contribution in [3.05, 3.63) is 16.1 Å². The largest absolute Gasteiger partial charge is 0.368 e. The van der Waals surface area contributed by atoms with Gasteiger partial charge in [0.2, 0.25) is 0 Å². The summed E-state index contributed by atoms with van der Waals surface area (Å²) in [5.41, 5.74) is 0. The molecule has 1 heterocycles. The highest BCUT2D eigenvalue weighted by atomic mass is 127. The summed E-state index contributed by atoms with van der Waals surface area (Å²) in [6.07, 6.45) is 8.46. The van der Waals surface area contributed by atoms with Crippen LogP contribution < -0.4 is 5.32 Å². The van der Waals surface area contributed by atoms with Crippen molar-refractivity contribution in [1.29, 1.82) is 0 Å². The number of hydrogen-bond donors (Lipinski definition) is 1. The first kappa shape index (κ1) is 11.6. The molecular weight excluding hydrogens is 309 g/mol. The van der Waals surface area contributed by atoms with Crippen molar-refractivity contribution < 1.29 is 0 Å².